The van der Waals surface area contributed by atoms with Gasteiger partial charge in [-0.25, -0.2) is 4.79 Å². The molecule has 0 bridgehead atoms. The molecule has 7 nitrogen and oxygen atoms in total. The predicted molar refractivity (Wildman–Crippen MR) is 98.8 cm³/mol. The van der Waals surface area contributed by atoms with Crippen molar-refractivity contribution >= 4 is 23.5 Å². The number of amides is 2. The molecule has 0 saturated heterocycles. The second kappa shape index (κ2) is 8.35. The minimum atomic E-state index is -0.480. The van der Waals surface area contributed by atoms with E-state index >= 15 is 0 Å². The largest absolute Gasteiger partial charge is 0.484 e. The fourth-order valence-corrected chi connectivity index (χ4v) is 2.41. The highest BCUT2D eigenvalue weighted by atomic mass is 16.5. The van der Waals surface area contributed by atoms with Crippen LogP contribution in [-0.2, 0) is 9.53 Å². The van der Waals surface area contributed by atoms with E-state index in [2.05, 4.69) is 15.4 Å². The van der Waals surface area contributed by atoms with Gasteiger partial charge in [0.2, 0.25) is 0 Å². The number of carbonyl (C=O) groups excluding carboxylic acids is 3. The van der Waals surface area contributed by atoms with Gasteiger partial charge in [-0.05, 0) is 49.2 Å². The number of methoxy groups -OCH3 is 1. The molecule has 0 atom stereocenters. The van der Waals surface area contributed by atoms with Crippen molar-refractivity contribution < 1.29 is 23.9 Å². The number of rotatable bonds is 7. The molecular weight excluding hydrogens is 348 g/mol. The molecule has 0 aromatic heterocycles. The van der Waals surface area contributed by atoms with Crippen LogP contribution in [0.3, 0.4) is 0 Å². The molecule has 2 aromatic carbocycles. The van der Waals surface area contributed by atoms with E-state index in [0.717, 1.165) is 12.8 Å². The van der Waals surface area contributed by atoms with Crippen LogP contribution in [-0.4, -0.2) is 37.5 Å². The summed E-state index contributed by atoms with van der Waals surface area (Å²) in [4.78, 5) is 35.7. The van der Waals surface area contributed by atoms with Gasteiger partial charge in [-0.2, -0.15) is 0 Å². The SMILES string of the molecule is COC(=O)c1cccc(OCC(=O)Nc2cccc(C(=O)NC3CC3)c2)c1. The van der Waals surface area contributed by atoms with Crippen LogP contribution >= 0.6 is 0 Å². The number of nitrogens with one attached hydrogen (secondary N) is 2. The number of esters is 1. The molecule has 2 N–H and O–H groups in total. The number of ether oxygens (including phenoxy) is 2. The zero-order valence-electron chi connectivity index (χ0n) is 14.9. The molecule has 0 heterocycles. The van der Waals surface area contributed by atoms with Gasteiger partial charge in [0.1, 0.15) is 5.75 Å². The van der Waals surface area contributed by atoms with Crippen molar-refractivity contribution in [2.75, 3.05) is 19.0 Å². The third kappa shape index (κ3) is 5.31. The second-order valence-electron chi connectivity index (χ2n) is 6.18. The highest BCUT2D eigenvalue weighted by molar-refractivity contribution is 5.97. The van der Waals surface area contributed by atoms with Crippen molar-refractivity contribution in [3.8, 4) is 5.75 Å². The maximum atomic E-state index is 12.1. The number of hydrogen-bond acceptors (Lipinski definition) is 5. The molecule has 0 aliphatic heterocycles. The Morgan fingerprint density at radius 2 is 1.78 bits per heavy atom. The molecule has 140 valence electrons. The van der Waals surface area contributed by atoms with E-state index in [-0.39, 0.29) is 24.5 Å². The van der Waals surface area contributed by atoms with Crippen LogP contribution < -0.4 is 15.4 Å². The van der Waals surface area contributed by atoms with Crippen LogP contribution in [0, 0.1) is 0 Å². The zero-order valence-corrected chi connectivity index (χ0v) is 14.9. The predicted octanol–water partition coefficient (Wildman–Crippen LogP) is 2.38. The Bertz CT molecular complexity index is 861. The quantitative estimate of drug-likeness (QED) is 0.732. The third-order valence-electron chi connectivity index (χ3n) is 3.95. The molecule has 2 aromatic rings. The summed E-state index contributed by atoms with van der Waals surface area (Å²) < 4.78 is 10.1. The Balaban J connectivity index is 1.55. The van der Waals surface area contributed by atoms with E-state index < -0.39 is 5.97 Å². The highest BCUT2D eigenvalue weighted by Crippen LogP contribution is 2.20. The molecule has 1 fully saturated rings. The topological polar surface area (TPSA) is 93.7 Å². The third-order valence-corrected chi connectivity index (χ3v) is 3.95. The van der Waals surface area contributed by atoms with Crippen molar-refractivity contribution in [2.45, 2.75) is 18.9 Å². The van der Waals surface area contributed by atoms with Gasteiger partial charge in [0, 0.05) is 17.3 Å². The Labute approximate surface area is 156 Å². The first-order chi connectivity index (χ1) is 13.0. The summed E-state index contributed by atoms with van der Waals surface area (Å²) in [6.45, 7) is -0.233. The van der Waals surface area contributed by atoms with E-state index in [9.17, 15) is 14.4 Å². The summed E-state index contributed by atoms with van der Waals surface area (Å²) in [6, 6.07) is 13.4. The molecule has 1 aliphatic carbocycles. The molecule has 1 saturated carbocycles. The molecule has 0 unspecified atom stereocenters. The van der Waals surface area contributed by atoms with Crippen molar-refractivity contribution in [3.63, 3.8) is 0 Å². The van der Waals surface area contributed by atoms with Crippen LogP contribution in [0.5, 0.6) is 5.75 Å². The fourth-order valence-electron chi connectivity index (χ4n) is 2.41. The van der Waals surface area contributed by atoms with Crippen LogP contribution in [0.2, 0.25) is 0 Å². The first-order valence-electron chi connectivity index (χ1n) is 8.57. The lowest BCUT2D eigenvalue weighted by Crippen LogP contribution is -2.25. The first-order valence-corrected chi connectivity index (χ1v) is 8.57. The Kier molecular flexibility index (Phi) is 5.71. The van der Waals surface area contributed by atoms with Gasteiger partial charge in [0.25, 0.3) is 11.8 Å². The van der Waals surface area contributed by atoms with Crippen molar-refractivity contribution in [2.24, 2.45) is 0 Å². The number of benzene rings is 2. The summed E-state index contributed by atoms with van der Waals surface area (Å²) >= 11 is 0. The molecule has 1 aliphatic rings. The van der Waals surface area contributed by atoms with Crippen LogP contribution in [0.1, 0.15) is 33.6 Å². The molecule has 0 spiro atoms. The van der Waals surface area contributed by atoms with E-state index in [4.69, 9.17) is 4.74 Å². The van der Waals surface area contributed by atoms with E-state index in [1.165, 1.54) is 13.2 Å². The maximum absolute atomic E-state index is 12.1. The van der Waals surface area contributed by atoms with Gasteiger partial charge in [-0.3, -0.25) is 9.59 Å². The molecule has 3 rings (SSSR count). The van der Waals surface area contributed by atoms with E-state index in [0.29, 0.717) is 22.6 Å². The minimum Gasteiger partial charge on any atom is -0.484 e. The van der Waals surface area contributed by atoms with Gasteiger partial charge in [-0.1, -0.05) is 12.1 Å². The van der Waals surface area contributed by atoms with Crippen LogP contribution in [0.4, 0.5) is 5.69 Å². The Morgan fingerprint density at radius 3 is 2.52 bits per heavy atom. The summed E-state index contributed by atoms with van der Waals surface area (Å²) in [5.41, 5.74) is 1.34. The monoisotopic (exact) mass is 368 g/mol. The van der Waals surface area contributed by atoms with Crippen molar-refractivity contribution in [1.29, 1.82) is 0 Å². The average Bonchev–Trinajstić information content (AvgIpc) is 3.50. The van der Waals surface area contributed by atoms with Crippen molar-refractivity contribution in [1.82, 2.24) is 5.32 Å². The molecule has 0 radical (unpaired) electrons. The molecule has 2 amide bonds. The van der Waals surface area contributed by atoms with Gasteiger partial charge in [-0.15, -0.1) is 0 Å². The lowest BCUT2D eigenvalue weighted by atomic mass is 10.2. The summed E-state index contributed by atoms with van der Waals surface area (Å²) in [7, 11) is 1.29. The maximum Gasteiger partial charge on any atom is 0.337 e. The molecule has 27 heavy (non-hydrogen) atoms. The Hall–Kier alpha value is -3.35. The van der Waals surface area contributed by atoms with Gasteiger partial charge in [0.15, 0.2) is 6.61 Å². The molecular formula is C20H20N2O5. The smallest absolute Gasteiger partial charge is 0.337 e. The summed E-state index contributed by atoms with van der Waals surface area (Å²) in [5.74, 6) is -0.625. The fraction of sp³-hybridized carbons (Fsp3) is 0.250. The minimum absolute atomic E-state index is 0.149. The lowest BCUT2D eigenvalue weighted by Gasteiger charge is -2.10. The standard InChI is InChI=1S/C20H20N2O5/c1-26-20(25)14-5-3-7-17(11-14)27-12-18(23)21-16-6-2-4-13(10-16)19(24)22-15-8-9-15/h2-7,10-11,15H,8-9,12H2,1H3,(H,21,23)(H,22,24). The van der Waals surface area contributed by atoms with Crippen LogP contribution in [0.25, 0.3) is 0 Å². The summed E-state index contributed by atoms with van der Waals surface area (Å²) in [6.07, 6.45) is 2.02. The number of hydrogen-bond donors (Lipinski definition) is 2. The summed E-state index contributed by atoms with van der Waals surface area (Å²) in [5, 5.41) is 5.59. The van der Waals surface area contributed by atoms with Crippen molar-refractivity contribution in [3.05, 3.63) is 59.7 Å². The van der Waals surface area contributed by atoms with E-state index in [1.54, 1.807) is 42.5 Å². The molecule has 7 heteroatoms. The van der Waals surface area contributed by atoms with Crippen LogP contribution in [0.15, 0.2) is 48.5 Å². The highest BCUT2D eigenvalue weighted by Gasteiger charge is 2.23. The van der Waals surface area contributed by atoms with Gasteiger partial charge in [0.05, 0.1) is 12.7 Å². The van der Waals surface area contributed by atoms with E-state index in [1.807, 2.05) is 0 Å². The normalized spacial score (nSPS) is 12.8. The number of anilines is 1. The Morgan fingerprint density at radius 1 is 1.04 bits per heavy atom. The average molecular weight is 368 g/mol. The second-order valence-corrected chi connectivity index (χ2v) is 6.18. The van der Waals surface area contributed by atoms with Gasteiger partial charge < -0.3 is 20.1 Å². The zero-order chi connectivity index (χ0) is 19.2. The number of carbonyl (C=O) groups is 3. The lowest BCUT2D eigenvalue weighted by molar-refractivity contribution is -0.118. The first kappa shape index (κ1) is 18.4. The van der Waals surface area contributed by atoms with Gasteiger partial charge >= 0.3 is 5.97 Å².